The molecule has 0 aliphatic carbocycles. The number of thioether (sulfide) groups is 1. The molecule has 0 aromatic carbocycles. The van der Waals surface area contributed by atoms with Gasteiger partial charge >= 0.3 is 5.97 Å². The van der Waals surface area contributed by atoms with Gasteiger partial charge in [-0.2, -0.15) is 0 Å². The monoisotopic (exact) mass is 236 g/mol. The molecule has 2 unspecified atom stereocenters. The zero-order valence-corrected chi connectivity index (χ0v) is 10.3. The molecule has 0 aromatic heterocycles. The Morgan fingerprint density at radius 2 is 2.07 bits per heavy atom. The van der Waals surface area contributed by atoms with Gasteiger partial charge in [0.05, 0.1) is 18.8 Å². The molecule has 0 heterocycles. The highest BCUT2D eigenvalue weighted by Gasteiger charge is 2.17. The Balaban J connectivity index is 3.68. The van der Waals surface area contributed by atoms with Crippen LogP contribution in [0.4, 0.5) is 0 Å². The van der Waals surface area contributed by atoms with E-state index in [0.717, 1.165) is 0 Å². The van der Waals surface area contributed by atoms with Crippen molar-refractivity contribution in [2.75, 3.05) is 12.4 Å². The van der Waals surface area contributed by atoms with E-state index in [1.165, 1.54) is 11.8 Å². The van der Waals surface area contributed by atoms with E-state index in [1.807, 2.05) is 20.8 Å². The number of hydrogen-bond donors (Lipinski definition) is 2. The van der Waals surface area contributed by atoms with Crippen molar-refractivity contribution < 1.29 is 19.7 Å². The van der Waals surface area contributed by atoms with Crippen LogP contribution in [0, 0.1) is 0 Å². The lowest BCUT2D eigenvalue weighted by Crippen LogP contribution is -2.24. The molecule has 0 fully saturated rings. The molecule has 4 nitrogen and oxygen atoms in total. The second kappa shape index (κ2) is 7.96. The molecular formula is C10H20O4S. The molecule has 0 bridgehead atoms. The summed E-state index contributed by atoms with van der Waals surface area (Å²) < 4.78 is 5.22. The summed E-state index contributed by atoms with van der Waals surface area (Å²) in [6.07, 6.45) is 0.0643. The summed E-state index contributed by atoms with van der Waals surface area (Å²) in [5, 5.41) is 17.8. The van der Waals surface area contributed by atoms with E-state index in [-0.39, 0.29) is 12.7 Å². The van der Waals surface area contributed by atoms with Gasteiger partial charge < -0.3 is 14.9 Å². The Morgan fingerprint density at radius 1 is 1.47 bits per heavy atom. The Morgan fingerprint density at radius 3 is 2.47 bits per heavy atom. The maximum atomic E-state index is 10.7. The van der Waals surface area contributed by atoms with Crippen molar-refractivity contribution in [3.05, 3.63) is 0 Å². The molecule has 0 rings (SSSR count). The molecule has 15 heavy (non-hydrogen) atoms. The van der Waals surface area contributed by atoms with E-state index in [4.69, 9.17) is 9.84 Å². The Labute approximate surface area is 95.0 Å². The number of carboxylic acid groups (broad SMARTS) is 1. The minimum atomic E-state index is -0.820. The van der Waals surface area contributed by atoms with Crippen LogP contribution in [0.25, 0.3) is 0 Å². The molecule has 0 saturated heterocycles. The largest absolute Gasteiger partial charge is 0.480 e. The number of hydrogen-bond acceptors (Lipinski definition) is 4. The van der Waals surface area contributed by atoms with Crippen molar-refractivity contribution in [1.82, 2.24) is 0 Å². The summed E-state index contributed by atoms with van der Waals surface area (Å²) in [6.45, 7) is 5.88. The highest BCUT2D eigenvalue weighted by molar-refractivity contribution is 8.00. The van der Waals surface area contributed by atoms with Gasteiger partial charge in [-0.3, -0.25) is 4.79 Å². The maximum absolute atomic E-state index is 10.7. The fraction of sp³-hybridized carbons (Fsp3) is 0.900. The molecule has 2 N–H and O–H groups in total. The fourth-order valence-electron chi connectivity index (χ4n) is 0.943. The molecule has 0 aromatic rings. The smallest absolute Gasteiger partial charge is 0.316 e. The Hall–Kier alpha value is -0.260. The fourth-order valence-corrected chi connectivity index (χ4v) is 1.87. The standard InChI is InChI=1S/C10H20O4S/c1-4-9(10(12)13)15-6-8(11)5-14-7(2)3/h7-9,11H,4-6H2,1-3H3,(H,12,13). The normalized spacial score (nSPS) is 15.3. The summed E-state index contributed by atoms with van der Waals surface area (Å²) in [7, 11) is 0. The van der Waals surface area contributed by atoms with Crippen LogP contribution in [0.1, 0.15) is 27.2 Å². The van der Waals surface area contributed by atoms with Gasteiger partial charge in [0, 0.05) is 5.75 Å². The van der Waals surface area contributed by atoms with Crippen molar-refractivity contribution in [3.8, 4) is 0 Å². The van der Waals surface area contributed by atoms with Crippen LogP contribution in [0.15, 0.2) is 0 Å². The molecule has 0 spiro atoms. The van der Waals surface area contributed by atoms with E-state index >= 15 is 0 Å². The lowest BCUT2D eigenvalue weighted by Gasteiger charge is -2.15. The second-order valence-electron chi connectivity index (χ2n) is 3.60. The molecule has 0 saturated carbocycles. The minimum Gasteiger partial charge on any atom is -0.480 e. The van der Waals surface area contributed by atoms with Crippen LogP contribution in [0.3, 0.4) is 0 Å². The third kappa shape index (κ3) is 7.64. The first-order valence-electron chi connectivity index (χ1n) is 5.11. The SMILES string of the molecule is CCC(SCC(O)COC(C)C)C(=O)O. The van der Waals surface area contributed by atoms with E-state index < -0.39 is 17.3 Å². The zero-order chi connectivity index (χ0) is 11.8. The third-order valence-electron chi connectivity index (χ3n) is 1.76. The zero-order valence-electron chi connectivity index (χ0n) is 9.47. The maximum Gasteiger partial charge on any atom is 0.316 e. The number of carboxylic acids is 1. The number of rotatable bonds is 8. The molecule has 0 amide bonds. The van der Waals surface area contributed by atoms with Gasteiger partial charge in [0.25, 0.3) is 0 Å². The number of carbonyl (C=O) groups is 1. The first kappa shape index (κ1) is 14.7. The first-order valence-corrected chi connectivity index (χ1v) is 6.16. The van der Waals surface area contributed by atoms with Gasteiger partial charge in [0.1, 0.15) is 5.25 Å². The number of aliphatic hydroxyl groups is 1. The predicted molar refractivity (Wildman–Crippen MR) is 61.3 cm³/mol. The summed E-state index contributed by atoms with van der Waals surface area (Å²) in [5.41, 5.74) is 0. The van der Waals surface area contributed by atoms with Gasteiger partial charge in [-0.15, -0.1) is 11.8 Å². The van der Waals surface area contributed by atoms with Crippen molar-refractivity contribution in [1.29, 1.82) is 0 Å². The van der Waals surface area contributed by atoms with Crippen LogP contribution in [0.2, 0.25) is 0 Å². The van der Waals surface area contributed by atoms with Gasteiger partial charge in [0.2, 0.25) is 0 Å². The Kier molecular flexibility index (Phi) is 7.82. The van der Waals surface area contributed by atoms with Crippen LogP contribution in [-0.2, 0) is 9.53 Å². The Bertz CT molecular complexity index is 184. The second-order valence-corrected chi connectivity index (χ2v) is 4.84. The predicted octanol–water partition coefficient (Wildman–Crippen LogP) is 1.37. The minimum absolute atomic E-state index is 0.0890. The molecule has 2 atom stereocenters. The molecule has 0 aliphatic heterocycles. The first-order chi connectivity index (χ1) is 6.97. The average Bonchev–Trinajstić information content (AvgIpc) is 2.15. The van der Waals surface area contributed by atoms with Crippen LogP contribution in [0.5, 0.6) is 0 Å². The van der Waals surface area contributed by atoms with E-state index in [9.17, 15) is 9.90 Å². The summed E-state index contributed by atoms with van der Waals surface area (Å²) in [4.78, 5) is 10.7. The highest BCUT2D eigenvalue weighted by Crippen LogP contribution is 2.16. The van der Waals surface area contributed by atoms with Crippen molar-refractivity contribution in [3.63, 3.8) is 0 Å². The van der Waals surface area contributed by atoms with Gasteiger partial charge in [-0.25, -0.2) is 0 Å². The van der Waals surface area contributed by atoms with E-state index in [2.05, 4.69) is 0 Å². The van der Waals surface area contributed by atoms with Gasteiger partial charge in [-0.1, -0.05) is 6.92 Å². The highest BCUT2D eigenvalue weighted by atomic mass is 32.2. The van der Waals surface area contributed by atoms with Crippen molar-refractivity contribution in [2.24, 2.45) is 0 Å². The van der Waals surface area contributed by atoms with Crippen molar-refractivity contribution >= 4 is 17.7 Å². The van der Waals surface area contributed by atoms with Crippen LogP contribution >= 0.6 is 11.8 Å². The summed E-state index contributed by atoms with van der Waals surface area (Å²) in [6, 6.07) is 0. The lowest BCUT2D eigenvalue weighted by molar-refractivity contribution is -0.136. The molecule has 90 valence electrons. The van der Waals surface area contributed by atoms with E-state index in [1.54, 1.807) is 0 Å². The van der Waals surface area contributed by atoms with Crippen LogP contribution in [-0.4, -0.2) is 46.0 Å². The molecule has 0 radical (unpaired) electrons. The lowest BCUT2D eigenvalue weighted by atomic mass is 10.3. The molecular weight excluding hydrogens is 216 g/mol. The van der Waals surface area contributed by atoms with Crippen LogP contribution < -0.4 is 0 Å². The summed E-state index contributed by atoms with van der Waals surface area (Å²) >= 11 is 1.26. The average molecular weight is 236 g/mol. The topological polar surface area (TPSA) is 66.8 Å². The number of aliphatic carboxylic acids is 1. The van der Waals surface area contributed by atoms with Crippen molar-refractivity contribution in [2.45, 2.75) is 44.6 Å². The number of ether oxygens (including phenoxy) is 1. The van der Waals surface area contributed by atoms with Gasteiger partial charge in [0.15, 0.2) is 0 Å². The molecule has 5 heteroatoms. The molecule has 0 aliphatic rings. The third-order valence-corrected chi connectivity index (χ3v) is 3.27. The van der Waals surface area contributed by atoms with Gasteiger partial charge in [-0.05, 0) is 20.3 Å². The summed E-state index contributed by atoms with van der Waals surface area (Å²) in [5.74, 6) is -0.420. The number of aliphatic hydroxyl groups excluding tert-OH is 1. The quantitative estimate of drug-likeness (QED) is 0.666. The van der Waals surface area contributed by atoms with E-state index in [0.29, 0.717) is 12.2 Å².